The fourth-order valence-electron chi connectivity index (χ4n) is 3.84. The summed E-state index contributed by atoms with van der Waals surface area (Å²) < 4.78 is 13.2. The lowest BCUT2D eigenvalue weighted by atomic mass is 10.0. The van der Waals surface area contributed by atoms with Gasteiger partial charge in [0.15, 0.2) is 0 Å². The van der Waals surface area contributed by atoms with Crippen LogP contribution in [0.3, 0.4) is 0 Å². The molecular formula is C22H31FN4. The third-order valence-electron chi connectivity index (χ3n) is 5.38. The maximum Gasteiger partial charge on any atom is 0.127 e. The Bertz CT molecular complexity index is 699. The van der Waals surface area contributed by atoms with Gasteiger partial charge in [-0.3, -0.25) is 9.80 Å². The van der Waals surface area contributed by atoms with Gasteiger partial charge in [-0.25, -0.2) is 14.4 Å². The first-order valence-electron chi connectivity index (χ1n) is 10.1. The Labute approximate surface area is 162 Å². The average molecular weight is 371 g/mol. The maximum atomic E-state index is 13.2. The van der Waals surface area contributed by atoms with Crippen molar-refractivity contribution in [2.75, 3.05) is 19.6 Å². The van der Waals surface area contributed by atoms with Crippen molar-refractivity contribution in [2.24, 2.45) is 5.92 Å². The Morgan fingerprint density at radius 1 is 1.04 bits per heavy atom. The largest absolute Gasteiger partial charge is 0.297 e. The van der Waals surface area contributed by atoms with Gasteiger partial charge >= 0.3 is 0 Å². The molecule has 0 radical (unpaired) electrons. The molecule has 3 rings (SSSR count). The highest BCUT2D eigenvalue weighted by atomic mass is 19.1. The van der Waals surface area contributed by atoms with E-state index in [4.69, 9.17) is 0 Å². The molecule has 1 atom stereocenters. The normalized spacial score (nSPS) is 19.4. The molecule has 0 spiro atoms. The molecular weight excluding hydrogens is 339 g/mol. The molecule has 27 heavy (non-hydrogen) atoms. The van der Waals surface area contributed by atoms with E-state index in [0.717, 1.165) is 51.4 Å². The molecule has 0 unspecified atom stereocenters. The van der Waals surface area contributed by atoms with Crippen LogP contribution in [0, 0.1) is 11.7 Å². The minimum absolute atomic E-state index is 0.169. The standard InChI is InChI=1S/C22H31FN4/c1-4-22-24-12-19(13-25-22)14-26-10-5-11-27(21(16-26)17(2)3)15-18-6-8-20(23)9-7-18/h6-9,12-13,17,21H,4-5,10-11,14-16H2,1-3H3/t21-/m0/s1. The number of halogens is 1. The molecule has 5 heteroatoms. The minimum Gasteiger partial charge on any atom is -0.297 e. The molecule has 0 bridgehead atoms. The lowest BCUT2D eigenvalue weighted by molar-refractivity contribution is 0.130. The van der Waals surface area contributed by atoms with E-state index in [-0.39, 0.29) is 5.82 Å². The Morgan fingerprint density at radius 3 is 2.37 bits per heavy atom. The van der Waals surface area contributed by atoms with Gasteiger partial charge < -0.3 is 0 Å². The van der Waals surface area contributed by atoms with Gasteiger partial charge in [0.05, 0.1) is 0 Å². The number of aromatic nitrogens is 2. The van der Waals surface area contributed by atoms with Crippen LogP contribution in [-0.2, 0) is 19.5 Å². The van der Waals surface area contributed by atoms with E-state index in [1.165, 1.54) is 11.1 Å². The molecule has 0 saturated carbocycles. The van der Waals surface area contributed by atoms with Gasteiger partial charge in [-0.2, -0.15) is 0 Å². The van der Waals surface area contributed by atoms with Gasteiger partial charge in [0, 0.05) is 56.6 Å². The van der Waals surface area contributed by atoms with Crippen molar-refractivity contribution in [3.63, 3.8) is 0 Å². The third-order valence-corrected chi connectivity index (χ3v) is 5.38. The summed E-state index contributed by atoms with van der Waals surface area (Å²) in [6, 6.07) is 7.41. The fourth-order valence-corrected chi connectivity index (χ4v) is 3.84. The predicted molar refractivity (Wildman–Crippen MR) is 107 cm³/mol. The van der Waals surface area contributed by atoms with Crippen LogP contribution in [-0.4, -0.2) is 45.4 Å². The fraction of sp³-hybridized carbons (Fsp3) is 0.545. The Morgan fingerprint density at radius 2 is 1.74 bits per heavy atom. The third kappa shape index (κ3) is 5.56. The van der Waals surface area contributed by atoms with Crippen LogP contribution in [0.2, 0.25) is 0 Å². The Kier molecular flexibility index (Phi) is 6.91. The summed E-state index contributed by atoms with van der Waals surface area (Å²) in [5.41, 5.74) is 2.36. The molecule has 146 valence electrons. The van der Waals surface area contributed by atoms with Crippen LogP contribution >= 0.6 is 0 Å². The Hall–Kier alpha value is -1.85. The SMILES string of the molecule is CCc1ncc(CN2CCCN(Cc3ccc(F)cc3)[C@H](C(C)C)C2)cn1. The highest BCUT2D eigenvalue weighted by Crippen LogP contribution is 2.21. The molecule has 1 fully saturated rings. The smallest absolute Gasteiger partial charge is 0.127 e. The molecule has 0 N–H and O–H groups in total. The average Bonchev–Trinajstić information content (AvgIpc) is 2.86. The van der Waals surface area contributed by atoms with E-state index >= 15 is 0 Å². The van der Waals surface area contributed by atoms with Crippen molar-refractivity contribution in [3.05, 3.63) is 59.4 Å². The van der Waals surface area contributed by atoms with E-state index in [2.05, 4.69) is 40.5 Å². The van der Waals surface area contributed by atoms with E-state index in [0.29, 0.717) is 12.0 Å². The molecule has 1 aliphatic rings. The summed E-state index contributed by atoms with van der Waals surface area (Å²) in [6.45, 7) is 11.6. The number of benzene rings is 1. The molecule has 1 aromatic carbocycles. The first-order chi connectivity index (χ1) is 13.0. The number of hydrogen-bond donors (Lipinski definition) is 0. The van der Waals surface area contributed by atoms with Crippen molar-refractivity contribution < 1.29 is 4.39 Å². The molecule has 1 aromatic heterocycles. The van der Waals surface area contributed by atoms with E-state index < -0.39 is 0 Å². The predicted octanol–water partition coefficient (Wildman–Crippen LogP) is 3.91. The second-order valence-electron chi connectivity index (χ2n) is 7.86. The molecule has 2 heterocycles. The second-order valence-corrected chi connectivity index (χ2v) is 7.86. The van der Waals surface area contributed by atoms with Crippen LogP contribution in [0.4, 0.5) is 4.39 Å². The zero-order chi connectivity index (χ0) is 19.2. The van der Waals surface area contributed by atoms with Crippen molar-refractivity contribution >= 4 is 0 Å². The van der Waals surface area contributed by atoms with Crippen LogP contribution in [0.5, 0.6) is 0 Å². The highest BCUT2D eigenvalue weighted by Gasteiger charge is 2.27. The summed E-state index contributed by atoms with van der Waals surface area (Å²) in [5.74, 6) is 1.29. The zero-order valence-electron chi connectivity index (χ0n) is 16.7. The Balaban J connectivity index is 1.67. The number of aryl methyl sites for hydroxylation is 1. The van der Waals surface area contributed by atoms with Crippen LogP contribution in [0.25, 0.3) is 0 Å². The summed E-state index contributed by atoms with van der Waals surface area (Å²) in [6.07, 6.45) is 5.95. The van der Waals surface area contributed by atoms with Crippen molar-refractivity contribution in [1.82, 2.24) is 19.8 Å². The van der Waals surface area contributed by atoms with Gasteiger partial charge in [-0.05, 0) is 36.6 Å². The number of hydrogen-bond acceptors (Lipinski definition) is 4. The van der Waals surface area contributed by atoms with E-state index in [9.17, 15) is 4.39 Å². The summed E-state index contributed by atoms with van der Waals surface area (Å²) in [5, 5.41) is 0. The first-order valence-corrected chi connectivity index (χ1v) is 10.1. The lowest BCUT2D eigenvalue weighted by Crippen LogP contribution is -2.43. The van der Waals surface area contributed by atoms with Gasteiger partial charge in [0.25, 0.3) is 0 Å². The van der Waals surface area contributed by atoms with Crippen molar-refractivity contribution in [2.45, 2.75) is 52.7 Å². The maximum absolute atomic E-state index is 13.2. The van der Waals surface area contributed by atoms with Gasteiger partial charge in [-0.1, -0.05) is 32.9 Å². The minimum atomic E-state index is -0.169. The van der Waals surface area contributed by atoms with Crippen LogP contribution in [0.15, 0.2) is 36.7 Å². The van der Waals surface area contributed by atoms with E-state index in [1.807, 2.05) is 24.5 Å². The first kappa shape index (κ1) is 19.9. The lowest BCUT2D eigenvalue weighted by Gasteiger charge is -2.34. The molecule has 1 aliphatic heterocycles. The van der Waals surface area contributed by atoms with Crippen LogP contribution in [0.1, 0.15) is 44.1 Å². The summed E-state index contributed by atoms with van der Waals surface area (Å²) in [4.78, 5) is 14.0. The molecule has 1 saturated heterocycles. The topological polar surface area (TPSA) is 32.3 Å². The number of rotatable bonds is 6. The van der Waals surface area contributed by atoms with Crippen molar-refractivity contribution in [1.29, 1.82) is 0 Å². The summed E-state index contributed by atoms with van der Waals surface area (Å²) >= 11 is 0. The van der Waals surface area contributed by atoms with Gasteiger partial charge in [0.2, 0.25) is 0 Å². The molecule has 0 amide bonds. The van der Waals surface area contributed by atoms with Crippen molar-refractivity contribution in [3.8, 4) is 0 Å². The van der Waals surface area contributed by atoms with E-state index in [1.54, 1.807) is 12.1 Å². The van der Waals surface area contributed by atoms with Gasteiger partial charge in [-0.15, -0.1) is 0 Å². The second kappa shape index (κ2) is 9.38. The quantitative estimate of drug-likeness (QED) is 0.772. The monoisotopic (exact) mass is 370 g/mol. The molecule has 0 aliphatic carbocycles. The number of nitrogens with zero attached hydrogens (tertiary/aromatic N) is 4. The van der Waals surface area contributed by atoms with Crippen LogP contribution < -0.4 is 0 Å². The zero-order valence-corrected chi connectivity index (χ0v) is 16.7. The summed E-state index contributed by atoms with van der Waals surface area (Å²) in [7, 11) is 0. The van der Waals surface area contributed by atoms with Gasteiger partial charge in [0.1, 0.15) is 11.6 Å². The molecule has 4 nitrogen and oxygen atoms in total. The molecule has 2 aromatic rings. The highest BCUT2D eigenvalue weighted by molar-refractivity contribution is 5.16.